The number of halogens is 1. The minimum atomic E-state index is 0. The first-order valence-corrected chi connectivity index (χ1v) is 11.1. The number of hydrogen-bond donors (Lipinski definition) is 1. The van der Waals surface area contributed by atoms with Crippen LogP contribution in [0.5, 0.6) is 23.0 Å². The van der Waals surface area contributed by atoms with Crippen LogP contribution < -0.4 is 29.6 Å². The summed E-state index contributed by atoms with van der Waals surface area (Å²) in [5.41, 5.74) is 8.26. The Hall–Kier alpha value is -3.17. The molecule has 1 aromatic heterocycles. The van der Waals surface area contributed by atoms with Crippen molar-refractivity contribution in [2.75, 3.05) is 51.8 Å². The number of likely N-dealkylation sites (N-methyl/N-ethyl adjacent to an activating group) is 1. The van der Waals surface area contributed by atoms with Crippen molar-refractivity contribution in [1.29, 1.82) is 0 Å². The average molecular weight is 488 g/mol. The Morgan fingerprint density at radius 3 is 2.65 bits per heavy atom. The molecule has 1 unspecified atom stereocenters. The van der Waals surface area contributed by atoms with Gasteiger partial charge in [0.25, 0.3) is 0 Å². The zero-order valence-electron chi connectivity index (χ0n) is 19.6. The Morgan fingerprint density at radius 2 is 1.85 bits per heavy atom. The molecular weight excluding hydrogens is 458 g/mol. The predicted octanol–water partition coefficient (Wildman–Crippen LogP) is 3.48. The Labute approximate surface area is 205 Å². The van der Waals surface area contributed by atoms with Crippen LogP contribution in [0.4, 0.5) is 11.8 Å². The molecule has 1 atom stereocenters. The molecule has 0 bridgehead atoms. The largest absolute Gasteiger partial charge is 0.493 e. The summed E-state index contributed by atoms with van der Waals surface area (Å²) in [6, 6.07) is 10.2. The average Bonchev–Trinajstić information content (AvgIpc) is 3.31. The number of benzene rings is 2. The van der Waals surface area contributed by atoms with Crippen molar-refractivity contribution in [2.24, 2.45) is 0 Å². The van der Waals surface area contributed by atoms with Gasteiger partial charge in [0.1, 0.15) is 5.82 Å². The molecule has 1 fully saturated rings. The number of fused-ring (bicyclic) bond motifs is 2. The molecule has 5 rings (SSSR count). The fraction of sp³-hybridized carbons (Fsp3) is 0.417. The maximum atomic E-state index is 6.31. The summed E-state index contributed by atoms with van der Waals surface area (Å²) in [5, 5.41) is 0.755. The Kier molecular flexibility index (Phi) is 7.04. The molecule has 34 heavy (non-hydrogen) atoms. The van der Waals surface area contributed by atoms with Crippen LogP contribution in [0.25, 0.3) is 10.9 Å². The molecule has 0 saturated carbocycles. The van der Waals surface area contributed by atoms with E-state index in [0.29, 0.717) is 36.1 Å². The van der Waals surface area contributed by atoms with E-state index in [1.165, 1.54) is 5.56 Å². The zero-order valence-corrected chi connectivity index (χ0v) is 20.4. The lowest BCUT2D eigenvalue weighted by Gasteiger charge is -2.37. The molecule has 182 valence electrons. The van der Waals surface area contributed by atoms with Crippen LogP contribution in [0.15, 0.2) is 30.3 Å². The van der Waals surface area contributed by atoms with Gasteiger partial charge in [0.2, 0.25) is 12.7 Å². The lowest BCUT2D eigenvalue weighted by Crippen LogP contribution is -2.46. The summed E-state index contributed by atoms with van der Waals surface area (Å²) in [4.78, 5) is 14.0. The molecule has 2 N–H and O–H groups in total. The molecule has 2 aliphatic rings. The quantitative estimate of drug-likeness (QED) is 0.560. The molecule has 1 saturated heterocycles. The second-order valence-corrected chi connectivity index (χ2v) is 8.48. The van der Waals surface area contributed by atoms with Crippen molar-refractivity contribution >= 4 is 35.1 Å². The second-order valence-electron chi connectivity index (χ2n) is 8.48. The number of ether oxygens (including phenoxy) is 4. The Morgan fingerprint density at radius 1 is 1.09 bits per heavy atom. The van der Waals surface area contributed by atoms with E-state index in [0.717, 1.165) is 54.9 Å². The minimum absolute atomic E-state index is 0. The van der Waals surface area contributed by atoms with Crippen LogP contribution in [0, 0.1) is 0 Å². The summed E-state index contributed by atoms with van der Waals surface area (Å²) in [7, 11) is 5.37. The van der Waals surface area contributed by atoms with Gasteiger partial charge in [0.15, 0.2) is 23.0 Å². The Bertz CT molecular complexity index is 1180. The molecule has 0 radical (unpaired) electrons. The summed E-state index contributed by atoms with van der Waals surface area (Å²) in [5.74, 6) is 3.94. The maximum absolute atomic E-state index is 6.31. The van der Waals surface area contributed by atoms with E-state index in [2.05, 4.69) is 34.0 Å². The van der Waals surface area contributed by atoms with E-state index >= 15 is 0 Å². The van der Waals surface area contributed by atoms with Gasteiger partial charge in [-0.25, -0.2) is 4.98 Å². The lowest BCUT2D eigenvalue weighted by molar-refractivity contribution is 0.173. The minimum Gasteiger partial charge on any atom is -0.493 e. The van der Waals surface area contributed by atoms with Gasteiger partial charge in [-0.2, -0.15) is 4.98 Å². The van der Waals surface area contributed by atoms with Gasteiger partial charge in [-0.1, -0.05) is 6.07 Å². The third kappa shape index (κ3) is 4.58. The highest BCUT2D eigenvalue weighted by atomic mass is 35.5. The zero-order chi connectivity index (χ0) is 22.9. The van der Waals surface area contributed by atoms with Gasteiger partial charge < -0.3 is 29.6 Å². The summed E-state index contributed by atoms with van der Waals surface area (Å²) in [6.45, 7) is 2.85. The molecule has 0 amide bonds. The molecule has 2 aliphatic heterocycles. The fourth-order valence-electron chi connectivity index (χ4n) is 4.56. The third-order valence-electron chi connectivity index (χ3n) is 6.39. The molecule has 9 nitrogen and oxygen atoms in total. The van der Waals surface area contributed by atoms with Crippen molar-refractivity contribution in [3.8, 4) is 23.0 Å². The number of nitrogens with zero attached hydrogens (tertiary/aromatic N) is 4. The van der Waals surface area contributed by atoms with Gasteiger partial charge in [-0.3, -0.25) is 4.90 Å². The van der Waals surface area contributed by atoms with Crippen LogP contribution in [-0.2, 0) is 6.54 Å². The first-order chi connectivity index (χ1) is 16.1. The van der Waals surface area contributed by atoms with E-state index in [1.807, 2.05) is 18.2 Å². The molecule has 3 heterocycles. The number of piperidine rings is 1. The number of aromatic nitrogens is 2. The van der Waals surface area contributed by atoms with Crippen molar-refractivity contribution in [3.05, 3.63) is 35.9 Å². The number of nitrogen functional groups attached to an aromatic ring is 1. The van der Waals surface area contributed by atoms with Gasteiger partial charge in [0.05, 0.1) is 19.7 Å². The first kappa shape index (κ1) is 24.0. The second kappa shape index (κ2) is 9.99. The van der Waals surface area contributed by atoms with E-state index in [-0.39, 0.29) is 12.4 Å². The number of anilines is 2. The van der Waals surface area contributed by atoms with Crippen molar-refractivity contribution in [3.63, 3.8) is 0 Å². The highest BCUT2D eigenvalue weighted by Gasteiger charge is 2.26. The maximum Gasteiger partial charge on any atom is 0.231 e. The Balaban J connectivity index is 0.00000274. The number of hydrogen-bond acceptors (Lipinski definition) is 9. The first-order valence-electron chi connectivity index (χ1n) is 11.1. The summed E-state index contributed by atoms with van der Waals surface area (Å²) >= 11 is 0. The van der Waals surface area contributed by atoms with Crippen LogP contribution in [0.2, 0.25) is 0 Å². The van der Waals surface area contributed by atoms with Crippen LogP contribution in [0.1, 0.15) is 18.4 Å². The molecule has 0 spiro atoms. The van der Waals surface area contributed by atoms with E-state index in [1.54, 1.807) is 14.2 Å². The highest BCUT2D eigenvalue weighted by Crippen LogP contribution is 2.35. The number of nitrogens with two attached hydrogens (primary N) is 1. The number of rotatable bonds is 6. The molecule has 0 aliphatic carbocycles. The molecule has 2 aromatic carbocycles. The van der Waals surface area contributed by atoms with E-state index < -0.39 is 0 Å². The van der Waals surface area contributed by atoms with Crippen molar-refractivity contribution < 1.29 is 18.9 Å². The summed E-state index contributed by atoms with van der Waals surface area (Å²) in [6.07, 6.45) is 2.18. The number of methoxy groups -OCH3 is 2. The van der Waals surface area contributed by atoms with Crippen LogP contribution >= 0.6 is 12.4 Å². The van der Waals surface area contributed by atoms with Gasteiger partial charge in [0, 0.05) is 37.1 Å². The van der Waals surface area contributed by atoms with Crippen molar-refractivity contribution in [2.45, 2.75) is 25.4 Å². The third-order valence-corrected chi connectivity index (χ3v) is 6.39. The molecule has 3 aromatic rings. The smallest absolute Gasteiger partial charge is 0.231 e. The van der Waals surface area contributed by atoms with Crippen LogP contribution in [0.3, 0.4) is 0 Å². The topological polar surface area (TPSA) is 95.2 Å². The fourth-order valence-corrected chi connectivity index (χ4v) is 4.56. The van der Waals surface area contributed by atoms with Crippen LogP contribution in [-0.4, -0.2) is 62.1 Å². The van der Waals surface area contributed by atoms with Gasteiger partial charge in [-0.05, 0) is 43.7 Å². The predicted molar refractivity (Wildman–Crippen MR) is 134 cm³/mol. The molecular formula is C24H30ClN5O4. The monoisotopic (exact) mass is 487 g/mol. The van der Waals surface area contributed by atoms with E-state index in [9.17, 15) is 0 Å². The van der Waals surface area contributed by atoms with Gasteiger partial charge >= 0.3 is 0 Å². The van der Waals surface area contributed by atoms with Crippen molar-refractivity contribution in [1.82, 2.24) is 14.9 Å². The van der Waals surface area contributed by atoms with Gasteiger partial charge in [-0.15, -0.1) is 12.4 Å². The molecule has 10 heteroatoms. The highest BCUT2D eigenvalue weighted by molar-refractivity contribution is 5.91. The SMILES string of the molecule is COc1cc2nc(N3CCCC(N(C)Cc4ccc5c(c4)OCO5)C3)nc(N)c2cc1OC.Cl. The summed E-state index contributed by atoms with van der Waals surface area (Å²) < 4.78 is 21.8. The van der Waals surface area contributed by atoms with E-state index in [4.69, 9.17) is 29.7 Å². The standard InChI is InChI=1S/C24H29N5O4.ClH/c1-28(12-15-6-7-19-22(9-15)33-14-32-19)16-5-4-8-29(13-16)24-26-18-11-21(31-3)20(30-2)10-17(18)23(25)27-24;/h6-7,9-11,16H,4-5,8,12-14H2,1-3H3,(H2,25,26,27);1H. The lowest BCUT2D eigenvalue weighted by atomic mass is 10.0. The normalized spacial score (nSPS) is 17.1.